The van der Waals surface area contributed by atoms with E-state index >= 15 is 0 Å². The summed E-state index contributed by atoms with van der Waals surface area (Å²) in [6.45, 7) is 0. The molecule has 0 aliphatic rings. The average Bonchev–Trinajstić information content (AvgIpc) is 1.12. The quantitative estimate of drug-likeness (QED) is 0.300. The fourth-order valence-electron chi connectivity index (χ4n) is 0. The van der Waals surface area contributed by atoms with Crippen LogP contribution in [-0.4, -0.2) is 23.9 Å². The molecule has 0 radical (unpaired) electrons. The molecule has 0 N–H and O–H groups in total. The Balaban J connectivity index is -0.0000000457. The minimum absolute atomic E-state index is 0. The van der Waals surface area contributed by atoms with Gasteiger partial charge in [-0.05, 0) is 0 Å². The minimum Gasteiger partial charge on any atom is -0.822 e. The molecule has 0 saturated carbocycles. The van der Waals surface area contributed by atoms with Crippen molar-refractivity contribution in [1.29, 1.82) is 0 Å². The van der Waals surface area contributed by atoms with Crippen molar-refractivity contribution in [1.82, 2.24) is 0 Å². The van der Waals surface area contributed by atoms with E-state index in [9.17, 15) is 0 Å². The van der Waals surface area contributed by atoms with E-state index in [0.29, 0.717) is 0 Å². The SMILES string of the molecule is O=P([O-])([O-])[O-].O=P([O-])([O-])[O-].[Ni+2].[Sn+4]. The third-order valence-corrected chi connectivity index (χ3v) is 0. The van der Waals surface area contributed by atoms with Gasteiger partial charge in [-0.15, -0.1) is 0 Å². The molecule has 0 amide bonds. The number of rotatable bonds is 0. The molecule has 0 aliphatic carbocycles. The van der Waals surface area contributed by atoms with Crippen molar-refractivity contribution in [3.05, 3.63) is 0 Å². The van der Waals surface area contributed by atoms with Crippen molar-refractivity contribution in [3.63, 3.8) is 0 Å². The van der Waals surface area contributed by atoms with Crippen LogP contribution in [-0.2, 0) is 25.6 Å². The first-order valence-corrected chi connectivity index (χ1v) is 4.38. The molecule has 0 aromatic rings. The summed E-state index contributed by atoms with van der Waals surface area (Å²) in [7, 11) is -10.8. The van der Waals surface area contributed by atoms with Gasteiger partial charge in [0.2, 0.25) is 0 Å². The summed E-state index contributed by atoms with van der Waals surface area (Å²) < 4.78 is 17.1. The molecule has 72 valence electrons. The van der Waals surface area contributed by atoms with E-state index in [4.69, 9.17) is 38.5 Å². The topological polar surface area (TPSA) is 172 Å². The first-order valence-electron chi connectivity index (χ1n) is 1.46. The van der Waals surface area contributed by atoms with Gasteiger partial charge in [-0.2, -0.15) is 15.6 Å². The number of hydrogen-bond donors (Lipinski definition) is 0. The van der Waals surface area contributed by atoms with Crippen LogP contribution >= 0.6 is 15.6 Å². The van der Waals surface area contributed by atoms with E-state index in [1.807, 2.05) is 0 Å². The van der Waals surface area contributed by atoms with E-state index in [2.05, 4.69) is 0 Å². The van der Waals surface area contributed by atoms with Gasteiger partial charge < -0.3 is 38.5 Å². The summed E-state index contributed by atoms with van der Waals surface area (Å²) in [4.78, 5) is 51.3. The van der Waals surface area contributed by atoms with E-state index in [1.54, 1.807) is 0 Å². The second-order valence-electron chi connectivity index (χ2n) is 0.894. The zero-order chi connectivity index (χ0) is 9.00. The van der Waals surface area contributed by atoms with Crippen molar-refractivity contribution in [2.75, 3.05) is 0 Å². The molecule has 0 fully saturated rings. The fourth-order valence-corrected chi connectivity index (χ4v) is 0. The second-order valence-corrected chi connectivity index (χ2v) is 2.68. The van der Waals surface area contributed by atoms with Crippen LogP contribution in [0.3, 0.4) is 0 Å². The van der Waals surface area contributed by atoms with Gasteiger partial charge in [0.25, 0.3) is 0 Å². The predicted octanol–water partition coefficient (Wildman–Crippen LogP) is -6.03. The van der Waals surface area contributed by atoms with E-state index in [0.717, 1.165) is 0 Å². The maximum atomic E-state index is 8.55. The van der Waals surface area contributed by atoms with Crippen LogP contribution in [0.25, 0.3) is 0 Å². The second kappa shape index (κ2) is 9.08. The van der Waals surface area contributed by atoms with Gasteiger partial charge in [-0.3, -0.25) is 0 Å². The van der Waals surface area contributed by atoms with Gasteiger partial charge >= 0.3 is 40.4 Å². The van der Waals surface area contributed by atoms with Gasteiger partial charge in [0, 0.05) is 0 Å². The Bertz CT molecular complexity index is 129. The molecule has 0 spiro atoms. The van der Waals surface area contributed by atoms with Crippen LogP contribution in [0.2, 0.25) is 0 Å². The van der Waals surface area contributed by atoms with E-state index < -0.39 is 15.6 Å². The summed E-state index contributed by atoms with van der Waals surface area (Å²) in [6.07, 6.45) is 0. The normalized spacial score (nSPS) is 9.83. The summed E-state index contributed by atoms with van der Waals surface area (Å²) in [5.41, 5.74) is 0. The molecule has 0 aliphatic heterocycles. The Labute approximate surface area is 94.4 Å². The molecule has 12 heteroatoms. The van der Waals surface area contributed by atoms with Gasteiger partial charge in [-0.25, -0.2) is 0 Å². The molecule has 12 heavy (non-hydrogen) atoms. The van der Waals surface area contributed by atoms with Crippen LogP contribution in [0.1, 0.15) is 0 Å². The van der Waals surface area contributed by atoms with Crippen molar-refractivity contribution in [3.8, 4) is 0 Å². The Morgan fingerprint density at radius 3 is 0.667 bits per heavy atom. The maximum Gasteiger partial charge on any atom is 4.00 e. The molecule has 0 rings (SSSR count). The first-order chi connectivity index (χ1) is 4.00. The van der Waals surface area contributed by atoms with Gasteiger partial charge in [-0.1, -0.05) is 0 Å². The van der Waals surface area contributed by atoms with Gasteiger partial charge in [0.05, 0.1) is 0 Å². The zero-order valence-corrected chi connectivity index (χ0v) is 10.6. The van der Waals surface area contributed by atoms with Crippen molar-refractivity contribution in [2.45, 2.75) is 0 Å². The average molecular weight is 367 g/mol. The molecule has 8 nitrogen and oxygen atoms in total. The first kappa shape index (κ1) is 23.4. The molecule has 0 aromatic heterocycles. The molecule has 0 atom stereocenters. The van der Waals surface area contributed by atoms with Crippen molar-refractivity contribution in [2.24, 2.45) is 0 Å². The fraction of sp³-hybridized carbons (Fsp3) is 0. The maximum absolute atomic E-state index is 8.55. The van der Waals surface area contributed by atoms with Crippen LogP contribution in [0.4, 0.5) is 0 Å². The predicted molar refractivity (Wildman–Crippen MR) is 21.0 cm³/mol. The Morgan fingerprint density at radius 1 is 0.667 bits per heavy atom. The molecular weight excluding hydrogens is 367 g/mol. The Hall–Kier alpha value is 1.51. The monoisotopic (exact) mass is 368 g/mol. The third kappa shape index (κ3) is 556. The molecule has 0 heterocycles. The summed E-state index contributed by atoms with van der Waals surface area (Å²) in [6, 6.07) is 0. The van der Waals surface area contributed by atoms with Crippen LogP contribution in [0.5, 0.6) is 0 Å². The summed E-state index contributed by atoms with van der Waals surface area (Å²) >= 11 is 0. The minimum atomic E-state index is -5.39. The van der Waals surface area contributed by atoms with Crippen molar-refractivity contribution < 1.29 is 55.0 Å². The summed E-state index contributed by atoms with van der Waals surface area (Å²) in [5, 5.41) is 0. The van der Waals surface area contributed by atoms with E-state index in [-0.39, 0.29) is 40.4 Å². The standard InChI is InChI=1S/Ni.2H3O4P.Sn/c;2*1-5(2,3)4;/h;2*(H3,1,2,3,4);/q+2;;;+4/p-6. The molecule has 0 aromatic carbocycles. The largest absolute Gasteiger partial charge is 4.00 e. The van der Waals surface area contributed by atoms with Crippen LogP contribution < -0.4 is 29.4 Å². The van der Waals surface area contributed by atoms with Crippen LogP contribution in [0, 0.1) is 0 Å². The Kier molecular flexibility index (Phi) is 17.7. The van der Waals surface area contributed by atoms with Gasteiger partial charge in [0.15, 0.2) is 0 Å². The van der Waals surface area contributed by atoms with E-state index in [1.165, 1.54) is 0 Å². The van der Waals surface area contributed by atoms with Crippen LogP contribution in [0.15, 0.2) is 0 Å². The smallest absolute Gasteiger partial charge is 0.822 e. The zero-order valence-electron chi connectivity index (χ0n) is 4.98. The molecule has 0 bridgehead atoms. The molecule has 0 saturated heterocycles. The Morgan fingerprint density at radius 2 is 0.667 bits per heavy atom. The third-order valence-electron chi connectivity index (χ3n) is 0. The number of hydrogen-bond acceptors (Lipinski definition) is 8. The van der Waals surface area contributed by atoms with Crippen molar-refractivity contribution >= 4 is 39.6 Å². The number of phosphoric acid groups is 2. The molecular formula is NiO8P2Sn. The molecule has 0 unspecified atom stereocenters. The van der Waals surface area contributed by atoms with Gasteiger partial charge in [0.1, 0.15) is 0 Å². The summed E-state index contributed by atoms with van der Waals surface area (Å²) in [5.74, 6) is 0.